The number of carbonyl (C=O) groups is 2. The minimum absolute atomic E-state index is 0.0270. The Labute approximate surface area is 154 Å². The number of hydrogen-bond acceptors (Lipinski definition) is 3. The number of likely N-dealkylation sites (N-methyl/N-ethyl adjacent to an activating group) is 1. The average molecular weight is 364 g/mol. The van der Waals surface area contributed by atoms with Gasteiger partial charge < -0.3 is 14.7 Å². The van der Waals surface area contributed by atoms with E-state index in [0.717, 1.165) is 45.6 Å². The van der Waals surface area contributed by atoms with Crippen LogP contribution in [-0.2, 0) is 4.79 Å². The fourth-order valence-corrected chi connectivity index (χ4v) is 3.77. The summed E-state index contributed by atoms with van der Waals surface area (Å²) in [5.41, 5.74) is 0.657. The third kappa shape index (κ3) is 4.33. The molecule has 0 unspecified atom stereocenters. The smallest absolute Gasteiger partial charge is 0.253 e. The second-order valence-corrected chi connectivity index (χ2v) is 7.27. The zero-order valence-corrected chi connectivity index (χ0v) is 15.5. The number of rotatable bonds is 3. The molecule has 2 saturated heterocycles. The Kier molecular flexibility index (Phi) is 5.97. The highest BCUT2D eigenvalue weighted by atomic mass is 35.5. The molecule has 2 fully saturated rings. The SMILES string of the molecule is CCN1CCN(C(=O)C2CCN(C(=O)c3ccc(Cl)cc3)CC2)CC1. The molecule has 2 heterocycles. The highest BCUT2D eigenvalue weighted by Gasteiger charge is 2.31. The molecular weight excluding hydrogens is 338 g/mol. The maximum absolute atomic E-state index is 12.7. The predicted octanol–water partition coefficient (Wildman–Crippen LogP) is 2.36. The van der Waals surface area contributed by atoms with Crippen molar-refractivity contribution < 1.29 is 9.59 Å². The molecule has 5 nitrogen and oxygen atoms in total. The summed E-state index contributed by atoms with van der Waals surface area (Å²) in [5, 5.41) is 0.629. The Morgan fingerprint density at radius 1 is 0.960 bits per heavy atom. The van der Waals surface area contributed by atoms with E-state index in [1.807, 2.05) is 9.80 Å². The van der Waals surface area contributed by atoms with Gasteiger partial charge in [-0.1, -0.05) is 18.5 Å². The molecule has 0 atom stereocenters. The van der Waals surface area contributed by atoms with Gasteiger partial charge in [-0.2, -0.15) is 0 Å². The van der Waals surface area contributed by atoms with Gasteiger partial charge in [0.2, 0.25) is 5.91 Å². The molecule has 0 radical (unpaired) electrons. The van der Waals surface area contributed by atoms with Gasteiger partial charge in [0, 0.05) is 55.8 Å². The Balaban J connectivity index is 1.50. The summed E-state index contributed by atoms with van der Waals surface area (Å²) in [6, 6.07) is 6.99. The van der Waals surface area contributed by atoms with Crippen LogP contribution in [0.4, 0.5) is 0 Å². The Hall–Kier alpha value is -1.59. The van der Waals surface area contributed by atoms with Crippen LogP contribution >= 0.6 is 11.6 Å². The lowest BCUT2D eigenvalue weighted by Crippen LogP contribution is -2.51. The molecule has 0 aromatic heterocycles. The molecule has 1 aromatic carbocycles. The minimum Gasteiger partial charge on any atom is -0.340 e. The van der Waals surface area contributed by atoms with E-state index in [0.29, 0.717) is 23.7 Å². The first-order chi connectivity index (χ1) is 12.1. The first-order valence-electron chi connectivity index (χ1n) is 9.14. The number of carbonyl (C=O) groups excluding carboxylic acids is 2. The number of piperidine rings is 1. The van der Waals surface area contributed by atoms with Gasteiger partial charge in [-0.25, -0.2) is 0 Å². The summed E-state index contributed by atoms with van der Waals surface area (Å²) in [6.07, 6.45) is 1.51. The Bertz CT molecular complexity index is 604. The normalized spacial score (nSPS) is 19.9. The third-order valence-electron chi connectivity index (χ3n) is 5.35. The number of hydrogen-bond donors (Lipinski definition) is 0. The van der Waals surface area contributed by atoms with Crippen molar-refractivity contribution in [3.63, 3.8) is 0 Å². The second kappa shape index (κ2) is 8.19. The quantitative estimate of drug-likeness (QED) is 0.828. The van der Waals surface area contributed by atoms with Crippen molar-refractivity contribution in [2.24, 2.45) is 5.92 Å². The summed E-state index contributed by atoms with van der Waals surface area (Å²) < 4.78 is 0. The summed E-state index contributed by atoms with van der Waals surface area (Å²) in [7, 11) is 0. The summed E-state index contributed by atoms with van der Waals surface area (Å²) in [6.45, 7) is 8.09. The van der Waals surface area contributed by atoms with Crippen molar-refractivity contribution in [3.05, 3.63) is 34.9 Å². The molecule has 0 spiro atoms. The van der Waals surface area contributed by atoms with Crippen molar-refractivity contribution in [1.82, 2.24) is 14.7 Å². The van der Waals surface area contributed by atoms with Crippen molar-refractivity contribution in [1.29, 1.82) is 0 Å². The number of halogens is 1. The fraction of sp³-hybridized carbons (Fsp3) is 0.579. The predicted molar refractivity (Wildman–Crippen MR) is 98.8 cm³/mol. The van der Waals surface area contributed by atoms with E-state index in [1.165, 1.54) is 0 Å². The zero-order chi connectivity index (χ0) is 17.8. The van der Waals surface area contributed by atoms with Crippen molar-refractivity contribution in [2.75, 3.05) is 45.8 Å². The van der Waals surface area contributed by atoms with Crippen LogP contribution in [0.1, 0.15) is 30.1 Å². The molecule has 0 saturated carbocycles. The van der Waals surface area contributed by atoms with Crippen LogP contribution in [-0.4, -0.2) is 72.3 Å². The van der Waals surface area contributed by atoms with E-state index in [-0.39, 0.29) is 17.7 Å². The zero-order valence-electron chi connectivity index (χ0n) is 14.8. The molecule has 0 bridgehead atoms. The van der Waals surface area contributed by atoms with E-state index in [4.69, 9.17) is 11.6 Å². The van der Waals surface area contributed by atoms with Crippen molar-refractivity contribution in [2.45, 2.75) is 19.8 Å². The van der Waals surface area contributed by atoms with Crippen LogP contribution in [0.5, 0.6) is 0 Å². The standard InChI is InChI=1S/C19H26ClN3O2/c1-2-21-11-13-23(14-12-21)19(25)16-7-9-22(10-8-16)18(24)15-3-5-17(20)6-4-15/h3-6,16H,2,7-14H2,1H3. The molecule has 2 aliphatic heterocycles. The Morgan fingerprint density at radius 2 is 1.56 bits per heavy atom. The number of piperazine rings is 1. The summed E-state index contributed by atoms with van der Waals surface area (Å²) in [4.78, 5) is 31.5. The topological polar surface area (TPSA) is 43.9 Å². The monoisotopic (exact) mass is 363 g/mol. The maximum atomic E-state index is 12.7. The molecule has 3 rings (SSSR count). The largest absolute Gasteiger partial charge is 0.340 e. The summed E-state index contributed by atoms with van der Waals surface area (Å²) >= 11 is 5.88. The number of likely N-dealkylation sites (tertiary alicyclic amines) is 1. The number of benzene rings is 1. The molecule has 25 heavy (non-hydrogen) atoms. The van der Waals surface area contributed by atoms with Gasteiger partial charge in [0.25, 0.3) is 5.91 Å². The molecular formula is C19H26ClN3O2. The van der Waals surface area contributed by atoms with E-state index in [2.05, 4.69) is 11.8 Å². The molecule has 0 N–H and O–H groups in total. The molecule has 1 aromatic rings. The van der Waals surface area contributed by atoms with Gasteiger partial charge in [-0.3, -0.25) is 9.59 Å². The minimum atomic E-state index is 0.0270. The van der Waals surface area contributed by atoms with Gasteiger partial charge in [0.05, 0.1) is 0 Å². The molecule has 0 aliphatic carbocycles. The van der Waals surface area contributed by atoms with E-state index < -0.39 is 0 Å². The first kappa shape index (κ1) is 18.2. The van der Waals surface area contributed by atoms with E-state index in [9.17, 15) is 9.59 Å². The second-order valence-electron chi connectivity index (χ2n) is 6.83. The lowest BCUT2D eigenvalue weighted by molar-refractivity contribution is -0.138. The molecule has 6 heteroatoms. The van der Waals surface area contributed by atoms with E-state index in [1.54, 1.807) is 24.3 Å². The number of amides is 2. The van der Waals surface area contributed by atoms with Crippen molar-refractivity contribution >= 4 is 23.4 Å². The van der Waals surface area contributed by atoms with Gasteiger partial charge >= 0.3 is 0 Å². The highest BCUT2D eigenvalue weighted by molar-refractivity contribution is 6.30. The van der Waals surface area contributed by atoms with Gasteiger partial charge in [0.15, 0.2) is 0 Å². The van der Waals surface area contributed by atoms with Crippen LogP contribution in [0.3, 0.4) is 0 Å². The van der Waals surface area contributed by atoms with Crippen LogP contribution in [0.2, 0.25) is 5.02 Å². The van der Waals surface area contributed by atoms with Crippen LogP contribution in [0, 0.1) is 5.92 Å². The third-order valence-corrected chi connectivity index (χ3v) is 5.61. The summed E-state index contributed by atoms with van der Waals surface area (Å²) in [5.74, 6) is 0.357. The molecule has 136 valence electrons. The van der Waals surface area contributed by atoms with Gasteiger partial charge in [-0.05, 0) is 43.7 Å². The van der Waals surface area contributed by atoms with Crippen molar-refractivity contribution in [3.8, 4) is 0 Å². The maximum Gasteiger partial charge on any atom is 0.253 e. The van der Waals surface area contributed by atoms with Gasteiger partial charge in [0.1, 0.15) is 0 Å². The molecule has 2 amide bonds. The fourth-order valence-electron chi connectivity index (χ4n) is 3.65. The lowest BCUT2D eigenvalue weighted by Gasteiger charge is -2.38. The van der Waals surface area contributed by atoms with Crippen LogP contribution in [0.15, 0.2) is 24.3 Å². The molecule has 2 aliphatic rings. The van der Waals surface area contributed by atoms with Crippen LogP contribution < -0.4 is 0 Å². The first-order valence-corrected chi connectivity index (χ1v) is 9.52. The van der Waals surface area contributed by atoms with Gasteiger partial charge in [-0.15, -0.1) is 0 Å². The highest BCUT2D eigenvalue weighted by Crippen LogP contribution is 2.22. The van der Waals surface area contributed by atoms with E-state index >= 15 is 0 Å². The number of nitrogens with zero attached hydrogens (tertiary/aromatic N) is 3. The lowest BCUT2D eigenvalue weighted by atomic mass is 9.94. The van der Waals surface area contributed by atoms with Crippen LogP contribution in [0.25, 0.3) is 0 Å². The Morgan fingerprint density at radius 3 is 2.12 bits per heavy atom. The average Bonchev–Trinajstić information content (AvgIpc) is 2.67.